The first-order valence-corrected chi connectivity index (χ1v) is 10.5. The molecule has 0 saturated carbocycles. The second kappa shape index (κ2) is 8.09. The summed E-state index contributed by atoms with van der Waals surface area (Å²) in [5, 5.41) is 6.99. The van der Waals surface area contributed by atoms with Gasteiger partial charge in [-0.2, -0.15) is 5.10 Å². The van der Waals surface area contributed by atoms with Crippen LogP contribution in [0.25, 0.3) is 0 Å². The van der Waals surface area contributed by atoms with E-state index in [4.69, 9.17) is 21.1 Å². The number of rotatable bonds is 4. The highest BCUT2D eigenvalue weighted by Gasteiger charge is 2.35. The number of carbonyl (C=O) groups is 1. The summed E-state index contributed by atoms with van der Waals surface area (Å²) >= 11 is 6.03. The van der Waals surface area contributed by atoms with Gasteiger partial charge in [0, 0.05) is 24.5 Å². The molecule has 3 aromatic rings. The van der Waals surface area contributed by atoms with Gasteiger partial charge in [0.1, 0.15) is 11.8 Å². The van der Waals surface area contributed by atoms with Crippen LogP contribution >= 0.6 is 11.6 Å². The van der Waals surface area contributed by atoms with Crippen molar-refractivity contribution in [1.29, 1.82) is 0 Å². The summed E-state index contributed by atoms with van der Waals surface area (Å²) in [6, 6.07) is 19.5. The second-order valence-electron chi connectivity index (χ2n) is 7.76. The number of hydrazone groups is 1. The Labute approximate surface area is 180 Å². The number of hydrogen-bond acceptors (Lipinski definition) is 4. The Balaban J connectivity index is 1.37. The molecule has 2 aliphatic heterocycles. The molecule has 1 aromatic heterocycles. The lowest BCUT2D eigenvalue weighted by atomic mass is 10.00. The minimum atomic E-state index is -0.227. The number of halogens is 1. The van der Waals surface area contributed by atoms with Crippen LogP contribution in [-0.4, -0.2) is 34.6 Å². The Bertz CT molecular complexity index is 1080. The third kappa shape index (κ3) is 3.78. The van der Waals surface area contributed by atoms with Crippen molar-refractivity contribution in [2.45, 2.75) is 25.4 Å². The van der Waals surface area contributed by atoms with E-state index in [9.17, 15) is 4.79 Å². The first-order valence-electron chi connectivity index (χ1n) is 10.2. The van der Waals surface area contributed by atoms with Crippen molar-refractivity contribution in [2.75, 3.05) is 13.1 Å². The largest absolute Gasteiger partial charge is 0.467 e. The lowest BCUT2D eigenvalue weighted by Gasteiger charge is -2.30. The quantitative estimate of drug-likeness (QED) is 0.617. The van der Waals surface area contributed by atoms with Gasteiger partial charge in [0.25, 0.3) is 5.91 Å². The molecule has 0 bridgehead atoms. The van der Waals surface area contributed by atoms with Gasteiger partial charge in [0.15, 0.2) is 0 Å². The lowest BCUT2D eigenvalue weighted by molar-refractivity contribution is -0.134. The molecule has 0 aliphatic carbocycles. The fraction of sp³-hybridized carbons (Fsp3) is 0.250. The van der Waals surface area contributed by atoms with Crippen molar-refractivity contribution in [3.63, 3.8) is 0 Å². The number of amides is 1. The van der Waals surface area contributed by atoms with E-state index in [2.05, 4.69) is 29.2 Å². The lowest BCUT2D eigenvalue weighted by Crippen LogP contribution is -2.40. The summed E-state index contributed by atoms with van der Waals surface area (Å²) in [7, 11) is 0. The maximum Gasteiger partial charge on any atom is 0.257 e. The molecule has 0 fully saturated rings. The fourth-order valence-electron chi connectivity index (χ4n) is 4.21. The molecule has 1 atom stereocenters. The van der Waals surface area contributed by atoms with Gasteiger partial charge in [-0.3, -0.25) is 9.69 Å². The summed E-state index contributed by atoms with van der Waals surface area (Å²) in [5.74, 6) is 0.736. The molecule has 0 radical (unpaired) electrons. The maximum absolute atomic E-state index is 13.3. The van der Waals surface area contributed by atoms with Crippen LogP contribution in [0.15, 0.2) is 76.4 Å². The highest BCUT2D eigenvalue weighted by Crippen LogP contribution is 2.33. The van der Waals surface area contributed by atoms with E-state index in [1.165, 1.54) is 11.1 Å². The number of hydrogen-bond donors (Lipinski definition) is 0. The molecule has 30 heavy (non-hydrogen) atoms. The number of carbonyl (C=O) groups excluding carboxylic acids is 1. The zero-order valence-electron chi connectivity index (χ0n) is 16.5. The van der Waals surface area contributed by atoms with Gasteiger partial charge in [-0.25, -0.2) is 5.01 Å². The highest BCUT2D eigenvalue weighted by atomic mass is 35.5. The van der Waals surface area contributed by atoms with Gasteiger partial charge >= 0.3 is 0 Å². The van der Waals surface area contributed by atoms with Crippen LogP contribution in [0.2, 0.25) is 5.02 Å². The van der Waals surface area contributed by atoms with E-state index < -0.39 is 0 Å². The van der Waals surface area contributed by atoms with Crippen LogP contribution in [0, 0.1) is 0 Å². The van der Waals surface area contributed by atoms with Gasteiger partial charge in [0.05, 0.1) is 18.5 Å². The van der Waals surface area contributed by atoms with E-state index in [0.717, 1.165) is 36.5 Å². The van der Waals surface area contributed by atoms with Crippen LogP contribution in [0.1, 0.15) is 34.9 Å². The summed E-state index contributed by atoms with van der Waals surface area (Å²) in [5.41, 5.74) is 4.51. The molecule has 2 aliphatic rings. The molecule has 0 unspecified atom stereocenters. The molecule has 2 aromatic carbocycles. The van der Waals surface area contributed by atoms with Crippen molar-refractivity contribution in [3.05, 3.63) is 94.4 Å². The van der Waals surface area contributed by atoms with Crippen LogP contribution in [-0.2, 0) is 17.8 Å². The van der Waals surface area contributed by atoms with Crippen LogP contribution < -0.4 is 0 Å². The maximum atomic E-state index is 13.3. The van der Waals surface area contributed by atoms with Crippen molar-refractivity contribution in [2.24, 2.45) is 5.10 Å². The number of nitrogens with zero attached hydrogens (tertiary/aromatic N) is 3. The molecule has 0 N–H and O–H groups in total. The second-order valence-corrected chi connectivity index (χ2v) is 8.19. The highest BCUT2D eigenvalue weighted by molar-refractivity contribution is 6.30. The van der Waals surface area contributed by atoms with Crippen LogP contribution in [0.4, 0.5) is 0 Å². The van der Waals surface area contributed by atoms with Gasteiger partial charge in [-0.1, -0.05) is 48.0 Å². The molecule has 0 spiro atoms. The SMILES string of the molecule is O=C(CN1CCc2ccccc2C1)N1N=C(c2ccc(Cl)cc2)C[C@H]1c1ccco1. The van der Waals surface area contributed by atoms with Crippen molar-refractivity contribution in [1.82, 2.24) is 9.91 Å². The van der Waals surface area contributed by atoms with Gasteiger partial charge < -0.3 is 4.42 Å². The summed E-state index contributed by atoms with van der Waals surface area (Å²) in [6.07, 6.45) is 3.22. The first-order chi connectivity index (χ1) is 14.7. The molecular weight excluding hydrogens is 398 g/mol. The predicted molar refractivity (Wildman–Crippen MR) is 116 cm³/mol. The smallest absolute Gasteiger partial charge is 0.257 e. The Morgan fingerprint density at radius 2 is 1.87 bits per heavy atom. The summed E-state index contributed by atoms with van der Waals surface area (Å²) in [6.45, 7) is 1.99. The van der Waals surface area contributed by atoms with Crippen molar-refractivity contribution in [3.8, 4) is 0 Å². The fourth-order valence-corrected chi connectivity index (χ4v) is 4.34. The summed E-state index contributed by atoms with van der Waals surface area (Å²) < 4.78 is 5.64. The van der Waals surface area contributed by atoms with Crippen molar-refractivity contribution < 1.29 is 9.21 Å². The standard InChI is InChI=1S/C24H22ClN3O2/c25-20-9-7-18(8-10-20)21-14-22(23-6-3-13-30-23)28(26-21)24(29)16-27-12-11-17-4-1-2-5-19(17)15-27/h1-10,13,22H,11-12,14-16H2/t22-/m0/s1. The third-order valence-electron chi connectivity index (χ3n) is 5.78. The van der Waals surface area contributed by atoms with Crippen LogP contribution in [0.5, 0.6) is 0 Å². The minimum Gasteiger partial charge on any atom is -0.467 e. The van der Waals surface area contributed by atoms with Gasteiger partial charge in [-0.15, -0.1) is 0 Å². The van der Waals surface area contributed by atoms with E-state index in [-0.39, 0.29) is 11.9 Å². The normalized spacial score (nSPS) is 18.9. The molecule has 5 nitrogen and oxygen atoms in total. The first kappa shape index (κ1) is 19.1. The number of benzene rings is 2. The van der Waals surface area contributed by atoms with Gasteiger partial charge in [-0.05, 0) is 47.4 Å². The average Bonchev–Trinajstić information content (AvgIpc) is 3.44. The third-order valence-corrected chi connectivity index (χ3v) is 6.04. The van der Waals surface area contributed by atoms with Crippen molar-refractivity contribution >= 4 is 23.2 Å². The molecule has 1 amide bonds. The topological polar surface area (TPSA) is 49.1 Å². The Morgan fingerprint density at radius 1 is 1.07 bits per heavy atom. The van der Waals surface area contributed by atoms with Gasteiger partial charge in [0.2, 0.25) is 0 Å². The van der Waals surface area contributed by atoms with Crippen LogP contribution in [0.3, 0.4) is 0 Å². The minimum absolute atomic E-state index is 0.0141. The van der Waals surface area contributed by atoms with E-state index in [1.807, 2.05) is 36.4 Å². The molecule has 6 heteroatoms. The predicted octanol–water partition coefficient (Wildman–Crippen LogP) is 4.67. The van der Waals surface area contributed by atoms with E-state index in [1.54, 1.807) is 11.3 Å². The monoisotopic (exact) mass is 419 g/mol. The molecular formula is C24H22ClN3O2. The summed E-state index contributed by atoms with van der Waals surface area (Å²) in [4.78, 5) is 15.5. The zero-order chi connectivity index (χ0) is 20.5. The molecule has 0 saturated heterocycles. The molecule has 5 rings (SSSR count). The molecule has 3 heterocycles. The Kier molecular flexibility index (Phi) is 5.15. The Hall–Kier alpha value is -2.89. The molecule has 152 valence electrons. The van der Waals surface area contributed by atoms with E-state index >= 15 is 0 Å². The zero-order valence-corrected chi connectivity index (χ0v) is 17.3. The Morgan fingerprint density at radius 3 is 2.63 bits per heavy atom. The number of fused-ring (bicyclic) bond motifs is 1. The number of furan rings is 1. The average molecular weight is 420 g/mol. The van der Waals surface area contributed by atoms with E-state index in [0.29, 0.717) is 18.0 Å².